The smallest absolute Gasteiger partial charge is 0.410 e. The summed E-state index contributed by atoms with van der Waals surface area (Å²) >= 11 is 0. The first-order valence-corrected chi connectivity index (χ1v) is 11.8. The van der Waals surface area contributed by atoms with Crippen LogP contribution in [0.4, 0.5) is 4.79 Å². The first kappa shape index (κ1) is 21.0. The molecule has 2 atom stereocenters. The molecule has 3 aliphatic rings. The average Bonchev–Trinajstić information content (AvgIpc) is 3.20. The summed E-state index contributed by atoms with van der Waals surface area (Å²) in [6.45, 7) is 1.33. The highest BCUT2D eigenvalue weighted by molar-refractivity contribution is 5.79. The molecule has 172 valence electrons. The first-order valence-electron chi connectivity index (χ1n) is 11.8. The van der Waals surface area contributed by atoms with Crippen molar-refractivity contribution in [1.29, 1.82) is 0 Å². The van der Waals surface area contributed by atoms with Gasteiger partial charge in [-0.15, -0.1) is 0 Å². The molecule has 0 spiro atoms. The minimum Gasteiger partial charge on any atom is -0.497 e. The van der Waals surface area contributed by atoms with E-state index in [-0.39, 0.29) is 24.1 Å². The minimum atomic E-state index is -0.263. The van der Waals surface area contributed by atoms with Crippen molar-refractivity contribution >= 4 is 11.7 Å². The topological polar surface area (TPSA) is 48.0 Å². The van der Waals surface area contributed by atoms with E-state index in [1.807, 2.05) is 23.1 Å². The highest BCUT2D eigenvalue weighted by Crippen LogP contribution is 2.44. The summed E-state index contributed by atoms with van der Waals surface area (Å²) < 4.78 is 17.2. The number of carbonyl (C=O) groups excluding carboxylic acids is 1. The van der Waals surface area contributed by atoms with Crippen LogP contribution in [-0.4, -0.2) is 50.0 Å². The monoisotopic (exact) mass is 453 g/mol. The Balaban J connectivity index is 1.22. The molecule has 1 saturated heterocycles. The Bertz CT molecular complexity index is 1220. The van der Waals surface area contributed by atoms with E-state index in [0.29, 0.717) is 19.8 Å². The Morgan fingerprint density at radius 2 is 1.71 bits per heavy atom. The summed E-state index contributed by atoms with van der Waals surface area (Å²) in [7, 11) is 1.68. The minimum absolute atomic E-state index is 0.0411. The Kier molecular flexibility index (Phi) is 5.34. The zero-order valence-electron chi connectivity index (χ0n) is 19.1. The van der Waals surface area contributed by atoms with Gasteiger partial charge in [0.05, 0.1) is 32.4 Å². The van der Waals surface area contributed by atoms with Gasteiger partial charge in [-0.05, 0) is 51.9 Å². The van der Waals surface area contributed by atoms with E-state index >= 15 is 0 Å². The van der Waals surface area contributed by atoms with Crippen molar-refractivity contribution in [3.63, 3.8) is 0 Å². The molecule has 5 nitrogen and oxygen atoms in total. The first-order chi connectivity index (χ1) is 16.7. The lowest BCUT2D eigenvalue weighted by atomic mass is 9.90. The van der Waals surface area contributed by atoms with E-state index in [1.54, 1.807) is 7.11 Å². The van der Waals surface area contributed by atoms with Gasteiger partial charge in [0.2, 0.25) is 0 Å². The molecule has 0 aromatic heterocycles. The van der Waals surface area contributed by atoms with E-state index in [1.165, 1.54) is 27.8 Å². The van der Waals surface area contributed by atoms with Crippen molar-refractivity contribution < 1.29 is 19.0 Å². The van der Waals surface area contributed by atoms with Crippen LogP contribution in [0, 0.1) is 0 Å². The van der Waals surface area contributed by atoms with Gasteiger partial charge in [0.1, 0.15) is 12.4 Å². The van der Waals surface area contributed by atoms with Crippen LogP contribution in [0.2, 0.25) is 0 Å². The van der Waals surface area contributed by atoms with Crippen molar-refractivity contribution in [2.75, 3.05) is 26.9 Å². The molecule has 2 heterocycles. The Labute approximate surface area is 199 Å². The van der Waals surface area contributed by atoms with Crippen molar-refractivity contribution in [3.05, 3.63) is 95.6 Å². The molecule has 2 bridgehead atoms. The number of nitrogens with zero attached hydrogens (tertiary/aromatic N) is 1. The summed E-state index contributed by atoms with van der Waals surface area (Å²) in [5.74, 6) is 0.888. The van der Waals surface area contributed by atoms with Crippen molar-refractivity contribution in [3.8, 4) is 16.9 Å². The third kappa shape index (κ3) is 3.57. The van der Waals surface area contributed by atoms with Gasteiger partial charge in [-0.1, -0.05) is 66.7 Å². The number of hydrogen-bond donors (Lipinski definition) is 0. The molecule has 0 radical (unpaired) electrons. The van der Waals surface area contributed by atoms with Crippen LogP contribution in [0.3, 0.4) is 0 Å². The second kappa shape index (κ2) is 8.65. The van der Waals surface area contributed by atoms with E-state index < -0.39 is 0 Å². The van der Waals surface area contributed by atoms with Gasteiger partial charge in [-0.2, -0.15) is 0 Å². The maximum absolute atomic E-state index is 13.3. The fourth-order valence-electron chi connectivity index (χ4n) is 5.59. The molecular formula is C29H27NO4. The Hall–Kier alpha value is -3.57. The number of ether oxygens (including phenoxy) is 3. The summed E-state index contributed by atoms with van der Waals surface area (Å²) in [4.78, 5) is 15.2. The van der Waals surface area contributed by atoms with Crippen LogP contribution in [0.25, 0.3) is 16.7 Å². The number of morpholine rings is 1. The second-order valence-corrected chi connectivity index (χ2v) is 9.10. The number of rotatable bonds is 4. The molecule has 0 N–H and O–H groups in total. The highest BCUT2D eigenvalue weighted by atomic mass is 16.6. The summed E-state index contributed by atoms with van der Waals surface area (Å²) in [5, 5.41) is 0. The van der Waals surface area contributed by atoms with Gasteiger partial charge in [-0.3, -0.25) is 4.90 Å². The fourth-order valence-corrected chi connectivity index (χ4v) is 5.59. The summed E-state index contributed by atoms with van der Waals surface area (Å²) in [6, 6.07) is 24.7. The van der Waals surface area contributed by atoms with Gasteiger partial charge < -0.3 is 14.2 Å². The third-order valence-corrected chi connectivity index (χ3v) is 7.19. The predicted octanol–water partition coefficient (Wildman–Crippen LogP) is 5.50. The van der Waals surface area contributed by atoms with Crippen LogP contribution in [-0.2, 0) is 9.47 Å². The zero-order chi connectivity index (χ0) is 23.1. The highest BCUT2D eigenvalue weighted by Gasteiger charge is 2.40. The van der Waals surface area contributed by atoms with Gasteiger partial charge in [0.15, 0.2) is 0 Å². The summed E-state index contributed by atoms with van der Waals surface area (Å²) in [5.41, 5.74) is 7.25. The van der Waals surface area contributed by atoms with Gasteiger partial charge in [0.25, 0.3) is 0 Å². The molecule has 1 fully saturated rings. The lowest BCUT2D eigenvalue weighted by molar-refractivity contribution is -0.0331. The second-order valence-electron chi connectivity index (χ2n) is 9.10. The van der Waals surface area contributed by atoms with Crippen molar-refractivity contribution in [2.45, 2.75) is 24.4 Å². The third-order valence-electron chi connectivity index (χ3n) is 7.19. The number of benzene rings is 3. The van der Waals surface area contributed by atoms with Crippen LogP contribution in [0.5, 0.6) is 5.75 Å². The molecule has 34 heavy (non-hydrogen) atoms. The molecular weight excluding hydrogens is 426 g/mol. The standard InChI is InChI=1S/C29H27NO4/c1-32-23-8-6-7-19(15-23)20-13-21-16-33-17-22(14-20)30(21)29(31)34-18-28-26-11-4-2-9-24(26)25-10-3-5-12-27(25)28/h2-13,15,21-22,28H,14,16-18H2,1H3. The largest absolute Gasteiger partial charge is 0.497 e. The van der Waals surface area contributed by atoms with Crippen LogP contribution >= 0.6 is 0 Å². The molecule has 1 aliphatic carbocycles. The maximum atomic E-state index is 13.3. The van der Waals surface area contributed by atoms with Gasteiger partial charge in [-0.25, -0.2) is 4.79 Å². The van der Waals surface area contributed by atoms with E-state index in [9.17, 15) is 4.79 Å². The number of fused-ring (bicyclic) bond motifs is 5. The molecule has 6 rings (SSSR count). The molecule has 3 aromatic rings. The van der Waals surface area contributed by atoms with Crippen LogP contribution in [0.15, 0.2) is 78.9 Å². The van der Waals surface area contributed by atoms with E-state index in [4.69, 9.17) is 14.2 Å². The zero-order valence-corrected chi connectivity index (χ0v) is 19.1. The predicted molar refractivity (Wildman–Crippen MR) is 131 cm³/mol. The van der Waals surface area contributed by atoms with Crippen molar-refractivity contribution in [2.24, 2.45) is 0 Å². The molecule has 0 saturated carbocycles. The Morgan fingerprint density at radius 3 is 2.41 bits per heavy atom. The number of carbonyl (C=O) groups is 1. The lowest BCUT2D eigenvalue weighted by Gasteiger charge is -2.44. The van der Waals surface area contributed by atoms with Crippen LogP contribution in [0.1, 0.15) is 29.0 Å². The van der Waals surface area contributed by atoms with Crippen molar-refractivity contribution in [1.82, 2.24) is 4.90 Å². The maximum Gasteiger partial charge on any atom is 0.410 e. The number of amides is 1. The normalized spacial score (nSPS) is 20.9. The van der Waals surface area contributed by atoms with E-state index in [2.05, 4.69) is 60.7 Å². The van der Waals surface area contributed by atoms with Gasteiger partial charge in [0, 0.05) is 5.92 Å². The molecule has 1 amide bonds. The summed E-state index contributed by atoms with van der Waals surface area (Å²) in [6.07, 6.45) is 2.61. The fraction of sp³-hybridized carbons (Fsp3) is 0.276. The molecule has 2 aliphatic heterocycles. The number of hydrogen-bond acceptors (Lipinski definition) is 4. The average molecular weight is 454 g/mol. The van der Waals surface area contributed by atoms with Crippen LogP contribution < -0.4 is 4.74 Å². The molecule has 2 unspecified atom stereocenters. The lowest BCUT2D eigenvalue weighted by Crippen LogP contribution is -2.56. The Morgan fingerprint density at radius 1 is 0.971 bits per heavy atom. The SMILES string of the molecule is COc1cccc(C2=CC3COCC(C2)N3C(=O)OCC2c3ccccc3-c3ccccc32)c1. The van der Waals surface area contributed by atoms with E-state index in [0.717, 1.165) is 17.7 Å². The molecule has 5 heteroatoms. The molecule has 3 aromatic carbocycles. The van der Waals surface area contributed by atoms with Gasteiger partial charge >= 0.3 is 6.09 Å². The number of methoxy groups -OCH3 is 1. The quantitative estimate of drug-likeness (QED) is 0.523.